The lowest BCUT2D eigenvalue weighted by atomic mass is 9.68. The van der Waals surface area contributed by atoms with E-state index in [0.29, 0.717) is 42.5 Å². The van der Waals surface area contributed by atoms with Crippen molar-refractivity contribution in [2.24, 2.45) is 5.41 Å². The second-order valence-electron chi connectivity index (χ2n) is 10.4. The topological polar surface area (TPSA) is 125 Å². The number of amides is 3. The Bertz CT molecular complexity index is 1280. The maximum Gasteiger partial charge on any atom is 0.258 e. The van der Waals surface area contributed by atoms with Gasteiger partial charge < -0.3 is 39.2 Å². The molecule has 2 fully saturated rings. The van der Waals surface area contributed by atoms with Crippen LogP contribution in [0, 0.1) is 5.41 Å². The summed E-state index contributed by atoms with van der Waals surface area (Å²) in [6, 6.07) is 9.66. The normalized spacial score (nSPS) is 22.0. The Labute approximate surface area is 233 Å². The Hall–Kier alpha value is -3.99. The van der Waals surface area contributed by atoms with Crippen LogP contribution >= 0.6 is 0 Å². The number of benzene rings is 2. The maximum absolute atomic E-state index is 13.7. The Morgan fingerprint density at radius 3 is 2.52 bits per heavy atom. The molecule has 11 nitrogen and oxygen atoms in total. The van der Waals surface area contributed by atoms with Gasteiger partial charge >= 0.3 is 0 Å². The summed E-state index contributed by atoms with van der Waals surface area (Å²) < 4.78 is 28.5. The van der Waals surface area contributed by atoms with Gasteiger partial charge in [-0.05, 0) is 48.7 Å². The van der Waals surface area contributed by atoms with Crippen LogP contribution in [-0.4, -0.2) is 82.4 Å². The lowest BCUT2D eigenvalue weighted by Gasteiger charge is -2.42. The quantitative estimate of drug-likeness (QED) is 0.576. The van der Waals surface area contributed by atoms with E-state index in [0.717, 1.165) is 24.8 Å². The first-order chi connectivity index (χ1) is 19.4. The summed E-state index contributed by atoms with van der Waals surface area (Å²) in [6.07, 6.45) is 2.00. The van der Waals surface area contributed by atoms with Crippen LogP contribution in [0.1, 0.15) is 35.2 Å². The minimum absolute atomic E-state index is 0.0197. The predicted molar refractivity (Wildman–Crippen MR) is 144 cm³/mol. The van der Waals surface area contributed by atoms with Gasteiger partial charge in [-0.25, -0.2) is 0 Å². The number of nitrogens with zero attached hydrogens (tertiary/aromatic N) is 1. The van der Waals surface area contributed by atoms with Crippen LogP contribution in [0.2, 0.25) is 0 Å². The molecule has 0 spiro atoms. The number of methoxy groups -OCH3 is 3. The Kier molecular flexibility index (Phi) is 8.02. The molecule has 4 aliphatic rings. The molecule has 11 heteroatoms. The number of hydrogen-bond donors (Lipinski definition) is 2. The molecule has 2 aromatic rings. The first kappa shape index (κ1) is 27.6. The van der Waals surface area contributed by atoms with E-state index in [-0.39, 0.29) is 36.6 Å². The number of carbonyl (C=O) groups is 3. The average Bonchev–Trinajstić information content (AvgIpc) is 3.33. The number of nitrogens with one attached hydrogen (secondary N) is 2. The number of likely N-dealkylation sites (tertiary alicyclic amines) is 1. The molecule has 3 amide bonds. The third kappa shape index (κ3) is 5.51. The van der Waals surface area contributed by atoms with Crippen molar-refractivity contribution in [2.45, 2.75) is 38.0 Å². The van der Waals surface area contributed by atoms with Gasteiger partial charge in [-0.3, -0.25) is 14.4 Å². The highest BCUT2D eigenvalue weighted by Gasteiger charge is 2.50. The van der Waals surface area contributed by atoms with Crippen LogP contribution in [0.25, 0.3) is 0 Å². The molecule has 2 aromatic carbocycles. The summed E-state index contributed by atoms with van der Waals surface area (Å²) in [5.74, 6) is 0.933. The lowest BCUT2D eigenvalue weighted by Crippen LogP contribution is -2.50. The molecule has 4 bridgehead atoms. The van der Waals surface area contributed by atoms with E-state index in [9.17, 15) is 14.4 Å². The molecular formula is C29H35N3O8. The molecule has 6 rings (SSSR count). The molecule has 214 valence electrons. The highest BCUT2D eigenvalue weighted by molar-refractivity contribution is 5.95. The van der Waals surface area contributed by atoms with Gasteiger partial charge in [0, 0.05) is 25.8 Å². The third-order valence-electron chi connectivity index (χ3n) is 7.84. The van der Waals surface area contributed by atoms with Crippen molar-refractivity contribution in [3.05, 3.63) is 47.5 Å². The van der Waals surface area contributed by atoms with Gasteiger partial charge in [0.2, 0.25) is 5.91 Å². The lowest BCUT2D eigenvalue weighted by molar-refractivity contribution is -0.151. The maximum atomic E-state index is 13.7. The number of carbonyl (C=O) groups excluding carboxylic acids is 3. The zero-order chi connectivity index (χ0) is 28.3. The molecule has 0 aromatic heterocycles. The van der Waals surface area contributed by atoms with Crippen LogP contribution in [0.3, 0.4) is 0 Å². The molecule has 40 heavy (non-hydrogen) atoms. The van der Waals surface area contributed by atoms with Crippen molar-refractivity contribution in [3.63, 3.8) is 0 Å². The van der Waals surface area contributed by atoms with Crippen LogP contribution in [0.4, 0.5) is 0 Å². The van der Waals surface area contributed by atoms with E-state index in [4.69, 9.17) is 23.7 Å². The highest BCUT2D eigenvalue weighted by Crippen LogP contribution is 2.43. The van der Waals surface area contributed by atoms with Gasteiger partial charge in [-0.15, -0.1) is 0 Å². The first-order valence-electron chi connectivity index (χ1n) is 13.4. The van der Waals surface area contributed by atoms with E-state index < -0.39 is 17.6 Å². The van der Waals surface area contributed by atoms with Crippen LogP contribution in [0.5, 0.6) is 23.0 Å². The Morgan fingerprint density at radius 1 is 1.02 bits per heavy atom. The molecule has 0 radical (unpaired) electrons. The van der Waals surface area contributed by atoms with Gasteiger partial charge in [0.1, 0.15) is 6.10 Å². The predicted octanol–water partition coefficient (Wildman–Crippen LogP) is 1.92. The smallest absolute Gasteiger partial charge is 0.258 e. The van der Waals surface area contributed by atoms with E-state index in [1.165, 1.54) is 20.3 Å². The summed E-state index contributed by atoms with van der Waals surface area (Å²) in [6.45, 7) is 0.953. The molecule has 1 aliphatic carbocycles. The van der Waals surface area contributed by atoms with Crippen LogP contribution < -0.4 is 29.6 Å². The van der Waals surface area contributed by atoms with Gasteiger partial charge in [0.05, 0.1) is 38.8 Å². The molecule has 3 heterocycles. The number of ether oxygens (including phenoxy) is 5. The van der Waals surface area contributed by atoms with Crippen molar-refractivity contribution in [3.8, 4) is 23.0 Å². The Balaban J connectivity index is 1.47. The van der Waals surface area contributed by atoms with Crippen molar-refractivity contribution in [1.82, 2.24) is 15.5 Å². The summed E-state index contributed by atoms with van der Waals surface area (Å²) in [5.41, 5.74) is 0.597. The van der Waals surface area contributed by atoms with Crippen molar-refractivity contribution >= 4 is 17.7 Å². The fraction of sp³-hybridized carbons (Fsp3) is 0.483. The molecule has 0 unspecified atom stereocenters. The van der Waals surface area contributed by atoms with E-state index >= 15 is 0 Å². The number of hydrogen-bond acceptors (Lipinski definition) is 8. The van der Waals surface area contributed by atoms with Gasteiger partial charge in [0.25, 0.3) is 11.8 Å². The standard InChI is InChI=1S/C29H35N3O8/c1-36-17-29(9-4-10-29)28(35)32-14-20-25(15-32)40-22-7-5-18(11-23(22)38-3)13-30-26(33)16-39-24-12-19(27(34)31-20)6-8-21(24)37-2/h5-8,11-12,20,25H,4,9-10,13-17H2,1-3H3,(H,30,33)(H,31,34)/t20-,25-/m0/s1. The molecule has 1 saturated carbocycles. The van der Waals surface area contributed by atoms with Gasteiger partial charge in [-0.1, -0.05) is 12.5 Å². The van der Waals surface area contributed by atoms with E-state index in [2.05, 4.69) is 10.6 Å². The largest absolute Gasteiger partial charge is 0.493 e. The van der Waals surface area contributed by atoms with Crippen LogP contribution in [0.15, 0.2) is 36.4 Å². The van der Waals surface area contributed by atoms with E-state index in [1.54, 1.807) is 36.3 Å². The molecule has 2 N–H and O–H groups in total. The molecule has 3 aliphatic heterocycles. The summed E-state index contributed by atoms with van der Waals surface area (Å²) in [7, 11) is 4.63. The van der Waals surface area contributed by atoms with Gasteiger partial charge in [0.15, 0.2) is 29.6 Å². The summed E-state index contributed by atoms with van der Waals surface area (Å²) in [5, 5.41) is 5.87. The molecular weight excluding hydrogens is 518 g/mol. The fourth-order valence-electron chi connectivity index (χ4n) is 5.49. The minimum atomic E-state index is -0.531. The zero-order valence-corrected chi connectivity index (χ0v) is 23.0. The van der Waals surface area contributed by atoms with Crippen LogP contribution in [-0.2, 0) is 20.9 Å². The Morgan fingerprint density at radius 2 is 1.82 bits per heavy atom. The first-order valence-corrected chi connectivity index (χ1v) is 13.4. The second-order valence-corrected chi connectivity index (χ2v) is 10.4. The summed E-state index contributed by atoms with van der Waals surface area (Å²) in [4.78, 5) is 41.3. The average molecular weight is 554 g/mol. The van der Waals surface area contributed by atoms with Crippen molar-refractivity contribution in [1.29, 1.82) is 0 Å². The molecule has 1 saturated heterocycles. The second kappa shape index (κ2) is 11.6. The third-order valence-corrected chi connectivity index (χ3v) is 7.84. The van der Waals surface area contributed by atoms with Crippen molar-refractivity contribution in [2.75, 3.05) is 47.6 Å². The number of fused-ring (bicyclic) bond motifs is 7. The monoisotopic (exact) mass is 553 g/mol. The van der Waals surface area contributed by atoms with Gasteiger partial charge in [-0.2, -0.15) is 0 Å². The SMILES string of the molecule is COCC1(C(=O)N2C[C@@H]3NC(=O)c4ccc(OC)c(c4)OCC(=O)NCc4ccc(c(OC)c4)O[C@H]3C2)CCC1. The van der Waals surface area contributed by atoms with E-state index in [1.807, 2.05) is 6.07 Å². The van der Waals surface area contributed by atoms with Crippen molar-refractivity contribution < 1.29 is 38.1 Å². The highest BCUT2D eigenvalue weighted by atomic mass is 16.5. The zero-order valence-electron chi connectivity index (χ0n) is 23.0. The number of rotatable bonds is 5. The molecule has 2 atom stereocenters. The fourth-order valence-corrected chi connectivity index (χ4v) is 5.49. The summed E-state index contributed by atoms with van der Waals surface area (Å²) >= 11 is 0. The minimum Gasteiger partial charge on any atom is -0.493 e.